The predicted octanol–water partition coefficient (Wildman–Crippen LogP) is 2.77. The van der Waals surface area contributed by atoms with E-state index in [1.807, 2.05) is 31.2 Å². The van der Waals surface area contributed by atoms with Gasteiger partial charge in [0.25, 0.3) is 0 Å². The monoisotopic (exact) mass is 190 g/mol. The Bertz CT molecular complexity index is 321. The standard InChI is InChI=1S/C12H14O2/c1-9(2)10-3-5-11(6-4-10)12-13-7-8-14-12/h3-6,12H,1,7-8H2,2H3. The fraction of sp³-hybridized carbons (Fsp3) is 0.333. The molecule has 1 heterocycles. The summed E-state index contributed by atoms with van der Waals surface area (Å²) in [6, 6.07) is 8.14. The molecule has 74 valence electrons. The van der Waals surface area contributed by atoms with Crippen molar-refractivity contribution < 1.29 is 9.47 Å². The molecule has 1 aromatic rings. The Kier molecular flexibility index (Phi) is 2.66. The SMILES string of the molecule is C=C(C)c1ccc(C2OCCO2)cc1. The average molecular weight is 190 g/mol. The molecule has 0 radical (unpaired) electrons. The lowest BCUT2D eigenvalue weighted by molar-refractivity contribution is -0.0441. The van der Waals surface area contributed by atoms with Crippen LogP contribution in [0.3, 0.4) is 0 Å². The van der Waals surface area contributed by atoms with Gasteiger partial charge in [0.1, 0.15) is 0 Å². The molecule has 2 heteroatoms. The van der Waals surface area contributed by atoms with Crippen LogP contribution in [0.5, 0.6) is 0 Å². The topological polar surface area (TPSA) is 18.5 Å². The lowest BCUT2D eigenvalue weighted by Crippen LogP contribution is -1.97. The van der Waals surface area contributed by atoms with E-state index in [1.54, 1.807) is 0 Å². The van der Waals surface area contributed by atoms with Gasteiger partial charge in [0, 0.05) is 5.56 Å². The lowest BCUT2D eigenvalue weighted by atomic mass is 10.1. The number of ether oxygens (including phenoxy) is 2. The zero-order valence-corrected chi connectivity index (χ0v) is 8.32. The molecule has 0 aromatic heterocycles. The smallest absolute Gasteiger partial charge is 0.184 e. The van der Waals surface area contributed by atoms with Crippen molar-refractivity contribution in [3.8, 4) is 0 Å². The van der Waals surface area contributed by atoms with Crippen molar-refractivity contribution in [1.82, 2.24) is 0 Å². The second-order valence-electron chi connectivity index (χ2n) is 3.48. The van der Waals surface area contributed by atoms with Crippen LogP contribution in [-0.4, -0.2) is 13.2 Å². The third-order valence-electron chi connectivity index (χ3n) is 2.30. The first kappa shape index (κ1) is 9.44. The highest BCUT2D eigenvalue weighted by Crippen LogP contribution is 2.24. The molecule has 1 aliphatic rings. The van der Waals surface area contributed by atoms with Gasteiger partial charge >= 0.3 is 0 Å². The molecule has 0 spiro atoms. The summed E-state index contributed by atoms with van der Waals surface area (Å²) in [5, 5.41) is 0. The van der Waals surface area contributed by atoms with Gasteiger partial charge in [-0.25, -0.2) is 0 Å². The maximum Gasteiger partial charge on any atom is 0.184 e. The van der Waals surface area contributed by atoms with Gasteiger partial charge in [0.2, 0.25) is 0 Å². The van der Waals surface area contributed by atoms with Gasteiger partial charge in [-0.2, -0.15) is 0 Å². The van der Waals surface area contributed by atoms with E-state index in [0.29, 0.717) is 13.2 Å². The van der Waals surface area contributed by atoms with E-state index in [0.717, 1.165) is 16.7 Å². The van der Waals surface area contributed by atoms with Gasteiger partial charge in [-0.1, -0.05) is 36.4 Å². The summed E-state index contributed by atoms with van der Waals surface area (Å²) in [6.45, 7) is 7.26. The van der Waals surface area contributed by atoms with Crippen molar-refractivity contribution >= 4 is 5.57 Å². The van der Waals surface area contributed by atoms with Crippen molar-refractivity contribution in [3.63, 3.8) is 0 Å². The maximum atomic E-state index is 5.39. The van der Waals surface area contributed by atoms with Gasteiger partial charge in [0.15, 0.2) is 6.29 Å². The fourth-order valence-electron chi connectivity index (χ4n) is 1.48. The normalized spacial score (nSPS) is 17.2. The Morgan fingerprint density at radius 2 is 1.79 bits per heavy atom. The minimum Gasteiger partial charge on any atom is -0.346 e. The number of rotatable bonds is 2. The van der Waals surface area contributed by atoms with Gasteiger partial charge < -0.3 is 9.47 Å². The minimum atomic E-state index is -0.172. The van der Waals surface area contributed by atoms with Gasteiger partial charge in [0.05, 0.1) is 13.2 Å². The highest BCUT2D eigenvalue weighted by molar-refractivity contribution is 5.61. The minimum absolute atomic E-state index is 0.172. The zero-order chi connectivity index (χ0) is 9.97. The second-order valence-corrected chi connectivity index (χ2v) is 3.48. The largest absolute Gasteiger partial charge is 0.346 e. The molecule has 0 unspecified atom stereocenters. The number of hydrogen-bond donors (Lipinski definition) is 0. The Labute approximate surface area is 84.2 Å². The van der Waals surface area contributed by atoms with E-state index in [1.165, 1.54) is 0 Å². The molecule has 0 N–H and O–H groups in total. The van der Waals surface area contributed by atoms with Gasteiger partial charge in [-0.15, -0.1) is 0 Å². The zero-order valence-electron chi connectivity index (χ0n) is 8.32. The first-order valence-electron chi connectivity index (χ1n) is 4.76. The Balaban J connectivity index is 2.16. The molecule has 1 saturated heterocycles. The molecule has 0 bridgehead atoms. The highest BCUT2D eigenvalue weighted by atomic mass is 16.7. The van der Waals surface area contributed by atoms with E-state index in [9.17, 15) is 0 Å². The van der Waals surface area contributed by atoms with Crippen LogP contribution >= 0.6 is 0 Å². The van der Waals surface area contributed by atoms with Crippen LogP contribution in [0.15, 0.2) is 30.8 Å². The fourth-order valence-corrected chi connectivity index (χ4v) is 1.48. The molecule has 2 nitrogen and oxygen atoms in total. The van der Waals surface area contributed by atoms with Crippen molar-refractivity contribution in [3.05, 3.63) is 42.0 Å². The predicted molar refractivity (Wildman–Crippen MR) is 55.8 cm³/mol. The highest BCUT2D eigenvalue weighted by Gasteiger charge is 2.17. The number of allylic oxidation sites excluding steroid dienone is 1. The molecule has 1 aromatic carbocycles. The quantitative estimate of drug-likeness (QED) is 0.714. The first-order valence-corrected chi connectivity index (χ1v) is 4.76. The molecule has 1 aliphatic heterocycles. The van der Waals surface area contributed by atoms with Crippen LogP contribution in [0.25, 0.3) is 5.57 Å². The van der Waals surface area contributed by atoms with Crippen molar-refractivity contribution in [2.75, 3.05) is 13.2 Å². The average Bonchev–Trinajstić information content (AvgIpc) is 2.71. The lowest BCUT2D eigenvalue weighted by Gasteiger charge is -2.09. The molecule has 0 atom stereocenters. The third-order valence-corrected chi connectivity index (χ3v) is 2.30. The summed E-state index contributed by atoms with van der Waals surface area (Å²) >= 11 is 0. The molecule has 2 rings (SSSR count). The summed E-state index contributed by atoms with van der Waals surface area (Å²) in [4.78, 5) is 0. The maximum absolute atomic E-state index is 5.39. The first-order chi connectivity index (χ1) is 6.77. The Morgan fingerprint density at radius 3 is 2.29 bits per heavy atom. The van der Waals surface area contributed by atoms with Gasteiger partial charge in [-0.05, 0) is 12.5 Å². The van der Waals surface area contributed by atoms with E-state index >= 15 is 0 Å². The van der Waals surface area contributed by atoms with Crippen LogP contribution < -0.4 is 0 Å². The number of hydrogen-bond acceptors (Lipinski definition) is 2. The Morgan fingerprint density at radius 1 is 1.21 bits per heavy atom. The van der Waals surface area contributed by atoms with Crippen LogP contribution in [0.4, 0.5) is 0 Å². The summed E-state index contributed by atoms with van der Waals surface area (Å²) in [7, 11) is 0. The summed E-state index contributed by atoms with van der Waals surface area (Å²) in [5.74, 6) is 0. The second kappa shape index (κ2) is 3.95. The van der Waals surface area contributed by atoms with Gasteiger partial charge in [-0.3, -0.25) is 0 Å². The van der Waals surface area contributed by atoms with Crippen LogP contribution in [0, 0.1) is 0 Å². The van der Waals surface area contributed by atoms with E-state index < -0.39 is 0 Å². The molecular weight excluding hydrogens is 176 g/mol. The third kappa shape index (κ3) is 1.86. The molecule has 0 amide bonds. The summed E-state index contributed by atoms with van der Waals surface area (Å²) < 4.78 is 10.8. The van der Waals surface area contributed by atoms with Crippen molar-refractivity contribution in [1.29, 1.82) is 0 Å². The molecule has 0 saturated carbocycles. The van der Waals surface area contributed by atoms with E-state index in [2.05, 4.69) is 6.58 Å². The Hall–Kier alpha value is -1.12. The van der Waals surface area contributed by atoms with E-state index in [-0.39, 0.29) is 6.29 Å². The van der Waals surface area contributed by atoms with Crippen LogP contribution in [0.1, 0.15) is 24.3 Å². The van der Waals surface area contributed by atoms with E-state index in [4.69, 9.17) is 9.47 Å². The van der Waals surface area contributed by atoms with Crippen molar-refractivity contribution in [2.24, 2.45) is 0 Å². The molecular formula is C12H14O2. The molecule has 14 heavy (non-hydrogen) atoms. The summed E-state index contributed by atoms with van der Waals surface area (Å²) in [6.07, 6.45) is -0.172. The van der Waals surface area contributed by atoms with Crippen LogP contribution in [-0.2, 0) is 9.47 Å². The summed E-state index contributed by atoms with van der Waals surface area (Å²) in [5.41, 5.74) is 3.31. The van der Waals surface area contributed by atoms with Crippen molar-refractivity contribution in [2.45, 2.75) is 13.2 Å². The number of benzene rings is 1. The molecule has 1 fully saturated rings. The van der Waals surface area contributed by atoms with Crippen LogP contribution in [0.2, 0.25) is 0 Å². The molecule has 0 aliphatic carbocycles.